The summed E-state index contributed by atoms with van der Waals surface area (Å²) in [5.41, 5.74) is 0. The van der Waals surface area contributed by atoms with Gasteiger partial charge in [0.05, 0.1) is 18.8 Å². The minimum Gasteiger partial charge on any atom is -0.394 e. The lowest BCUT2D eigenvalue weighted by atomic mass is 10.0. The molecule has 4 nitrogen and oxygen atoms in total. The van der Waals surface area contributed by atoms with Gasteiger partial charge in [0.2, 0.25) is 5.91 Å². The Kier molecular flexibility index (Phi) is 49.2. The summed E-state index contributed by atoms with van der Waals surface area (Å²) in [4.78, 5) is 12.5. The molecule has 1 amide bonds. The quantitative estimate of drug-likeness (QED) is 0.0423. The van der Waals surface area contributed by atoms with Gasteiger partial charge in [0.25, 0.3) is 0 Å². The van der Waals surface area contributed by atoms with Crippen molar-refractivity contribution in [3.63, 3.8) is 0 Å². The van der Waals surface area contributed by atoms with Crippen LogP contribution in [0, 0.1) is 0 Å². The second kappa shape index (κ2) is 50.2. The maximum absolute atomic E-state index is 12.5. The van der Waals surface area contributed by atoms with E-state index < -0.39 is 12.1 Å². The van der Waals surface area contributed by atoms with Gasteiger partial charge < -0.3 is 15.5 Å². The van der Waals surface area contributed by atoms with Gasteiger partial charge in [0.1, 0.15) is 0 Å². The zero-order chi connectivity index (χ0) is 42.1. The molecule has 0 aromatic carbocycles. The largest absolute Gasteiger partial charge is 0.394 e. The van der Waals surface area contributed by atoms with Crippen molar-refractivity contribution in [1.82, 2.24) is 5.32 Å². The third kappa shape index (κ3) is 45.9. The van der Waals surface area contributed by atoms with Gasteiger partial charge in [-0.1, -0.05) is 269 Å². The van der Waals surface area contributed by atoms with Gasteiger partial charge in [-0.25, -0.2) is 0 Å². The second-order valence-corrected chi connectivity index (χ2v) is 18.3. The fourth-order valence-corrected chi connectivity index (χ4v) is 8.39. The van der Waals surface area contributed by atoms with Gasteiger partial charge >= 0.3 is 0 Å². The Bertz CT molecular complexity index is 840. The Morgan fingerprint density at radius 2 is 0.707 bits per heavy atom. The molecule has 3 N–H and O–H groups in total. The molecule has 58 heavy (non-hydrogen) atoms. The number of hydrogen-bond acceptors (Lipinski definition) is 3. The van der Waals surface area contributed by atoms with Crippen LogP contribution < -0.4 is 5.32 Å². The zero-order valence-electron chi connectivity index (χ0n) is 39.6. The SMILES string of the molecule is CCCCCCCCCCC/C=C\C/C=C\CCCCCCCCCCCCCC(=O)NC(CO)C(O)CCCCCCCCCCCCCCCCCCCCC. The molecule has 0 saturated carbocycles. The first kappa shape index (κ1) is 56.9. The fourth-order valence-electron chi connectivity index (χ4n) is 8.39. The van der Waals surface area contributed by atoms with Crippen molar-refractivity contribution < 1.29 is 15.0 Å². The van der Waals surface area contributed by atoms with Gasteiger partial charge in [0, 0.05) is 6.42 Å². The van der Waals surface area contributed by atoms with Crippen molar-refractivity contribution in [3.8, 4) is 0 Å². The number of allylic oxidation sites excluding steroid dienone is 4. The van der Waals surface area contributed by atoms with Gasteiger partial charge in [-0.15, -0.1) is 0 Å². The number of aliphatic hydroxyl groups excluding tert-OH is 2. The maximum atomic E-state index is 12.5. The molecule has 0 aliphatic heterocycles. The smallest absolute Gasteiger partial charge is 0.220 e. The van der Waals surface area contributed by atoms with Crippen LogP contribution in [0.25, 0.3) is 0 Å². The summed E-state index contributed by atoms with van der Waals surface area (Å²) in [6, 6.07) is -0.536. The first-order valence-electron chi connectivity index (χ1n) is 26.5. The van der Waals surface area contributed by atoms with Crippen LogP contribution >= 0.6 is 0 Å². The lowest BCUT2D eigenvalue weighted by Crippen LogP contribution is -2.45. The molecule has 0 rings (SSSR count). The van der Waals surface area contributed by atoms with Gasteiger partial charge in [-0.2, -0.15) is 0 Å². The number of amides is 1. The highest BCUT2D eigenvalue weighted by Gasteiger charge is 2.20. The standard InChI is InChI=1S/C54H105NO3/c1-3-5-7-9-11-13-15-17-19-21-23-24-25-26-27-28-29-30-32-34-36-38-40-42-44-46-48-50-54(58)55-52(51-56)53(57)49-47-45-43-41-39-37-35-33-31-22-20-18-16-14-12-10-8-6-4-2/h23-24,26-27,52-53,56-57H,3-22,25,28-51H2,1-2H3,(H,55,58)/b24-23-,27-26-. The highest BCUT2D eigenvalue weighted by Crippen LogP contribution is 2.17. The molecule has 0 aliphatic carbocycles. The molecular weight excluding hydrogens is 711 g/mol. The van der Waals surface area contributed by atoms with Gasteiger partial charge in [-0.3, -0.25) is 4.79 Å². The second-order valence-electron chi connectivity index (χ2n) is 18.3. The first-order valence-corrected chi connectivity index (χ1v) is 26.5. The molecule has 0 radical (unpaired) electrons. The summed E-state index contributed by atoms with van der Waals surface area (Å²) in [6.45, 7) is 4.39. The highest BCUT2D eigenvalue weighted by atomic mass is 16.3. The summed E-state index contributed by atoms with van der Waals surface area (Å²) in [5, 5.41) is 23.3. The average Bonchev–Trinajstić information content (AvgIpc) is 3.23. The van der Waals surface area contributed by atoms with Crippen molar-refractivity contribution >= 4 is 5.91 Å². The number of hydrogen-bond donors (Lipinski definition) is 3. The lowest BCUT2D eigenvalue weighted by Gasteiger charge is -2.22. The molecule has 0 bridgehead atoms. The predicted octanol–water partition coefficient (Wildman–Crippen LogP) is 17.1. The summed E-state index contributed by atoms with van der Waals surface area (Å²) in [5.74, 6) is -0.0295. The van der Waals surface area contributed by atoms with Crippen LogP contribution in [0.4, 0.5) is 0 Å². The molecule has 2 atom stereocenters. The number of nitrogens with one attached hydrogen (secondary N) is 1. The van der Waals surface area contributed by atoms with E-state index in [0.29, 0.717) is 12.8 Å². The van der Waals surface area contributed by atoms with Crippen LogP contribution in [-0.4, -0.2) is 34.9 Å². The van der Waals surface area contributed by atoms with Crippen molar-refractivity contribution in [3.05, 3.63) is 24.3 Å². The lowest BCUT2D eigenvalue weighted by molar-refractivity contribution is -0.123. The normalized spacial score (nSPS) is 13.0. The topological polar surface area (TPSA) is 69.6 Å². The van der Waals surface area contributed by atoms with Crippen LogP contribution in [0.15, 0.2) is 24.3 Å². The molecule has 4 heteroatoms. The van der Waals surface area contributed by atoms with Crippen molar-refractivity contribution in [1.29, 1.82) is 0 Å². The molecule has 0 aromatic rings. The Labute approximate surface area is 364 Å². The summed E-state index contributed by atoms with van der Waals surface area (Å²) in [7, 11) is 0. The maximum Gasteiger partial charge on any atom is 0.220 e. The average molecular weight is 816 g/mol. The van der Waals surface area contributed by atoms with Crippen LogP contribution in [0.3, 0.4) is 0 Å². The van der Waals surface area contributed by atoms with Crippen LogP contribution in [-0.2, 0) is 4.79 Å². The Morgan fingerprint density at radius 3 is 1.03 bits per heavy atom. The van der Waals surface area contributed by atoms with Crippen molar-refractivity contribution in [2.45, 2.75) is 309 Å². The Morgan fingerprint density at radius 1 is 0.414 bits per heavy atom. The summed E-state index contributed by atoms with van der Waals surface area (Å²) >= 11 is 0. The highest BCUT2D eigenvalue weighted by molar-refractivity contribution is 5.76. The van der Waals surface area contributed by atoms with Crippen LogP contribution in [0.1, 0.15) is 296 Å². The fraction of sp³-hybridized carbons (Fsp3) is 0.907. The Hall–Kier alpha value is -1.13. The van der Waals surface area contributed by atoms with Gasteiger partial charge in [-0.05, 0) is 44.9 Å². The molecule has 0 saturated heterocycles. The third-order valence-corrected chi connectivity index (χ3v) is 12.5. The van der Waals surface area contributed by atoms with Crippen molar-refractivity contribution in [2.75, 3.05) is 6.61 Å². The van der Waals surface area contributed by atoms with E-state index in [1.54, 1.807) is 0 Å². The molecule has 0 aliphatic rings. The summed E-state index contributed by atoms with van der Waals surface area (Å²) < 4.78 is 0. The van der Waals surface area contributed by atoms with E-state index in [-0.39, 0.29) is 12.5 Å². The van der Waals surface area contributed by atoms with Gasteiger partial charge in [0.15, 0.2) is 0 Å². The third-order valence-electron chi connectivity index (χ3n) is 12.5. The van der Waals surface area contributed by atoms with E-state index >= 15 is 0 Å². The molecule has 2 unspecified atom stereocenters. The minimum absolute atomic E-state index is 0.0295. The number of rotatable bonds is 49. The van der Waals surface area contributed by atoms with E-state index in [0.717, 1.165) is 32.1 Å². The van der Waals surface area contributed by atoms with E-state index in [4.69, 9.17) is 0 Å². The molecule has 0 fully saturated rings. The molecule has 0 aromatic heterocycles. The number of unbranched alkanes of at least 4 members (excludes halogenated alkanes) is 38. The predicted molar refractivity (Wildman–Crippen MR) is 258 cm³/mol. The summed E-state index contributed by atoms with van der Waals surface area (Å²) in [6.07, 6.45) is 65.7. The van der Waals surface area contributed by atoms with E-state index in [1.165, 1.54) is 238 Å². The van der Waals surface area contributed by atoms with Crippen LogP contribution in [0.5, 0.6) is 0 Å². The number of carbonyl (C=O) groups is 1. The van der Waals surface area contributed by atoms with Crippen LogP contribution in [0.2, 0.25) is 0 Å². The number of carbonyl (C=O) groups excluding carboxylic acids is 1. The minimum atomic E-state index is -0.659. The van der Waals surface area contributed by atoms with E-state index in [9.17, 15) is 15.0 Å². The van der Waals surface area contributed by atoms with E-state index in [2.05, 4.69) is 43.5 Å². The zero-order valence-corrected chi connectivity index (χ0v) is 39.6. The first-order chi connectivity index (χ1) is 28.7. The molecular formula is C54H105NO3. The molecule has 344 valence electrons. The van der Waals surface area contributed by atoms with E-state index in [1.807, 2.05) is 0 Å². The van der Waals surface area contributed by atoms with Crippen molar-refractivity contribution in [2.24, 2.45) is 0 Å². The molecule has 0 spiro atoms. The molecule has 0 heterocycles. The number of aliphatic hydroxyl groups is 2. The Balaban J connectivity index is 3.46. The monoisotopic (exact) mass is 816 g/mol.